The first-order chi connectivity index (χ1) is 11.6. The van der Waals surface area contributed by atoms with Gasteiger partial charge in [0.25, 0.3) is 5.56 Å². The van der Waals surface area contributed by atoms with E-state index in [9.17, 15) is 9.59 Å². The fourth-order valence-electron chi connectivity index (χ4n) is 2.02. The molecule has 0 saturated carbocycles. The number of hydrogen-bond acceptors (Lipinski definition) is 5. The Morgan fingerprint density at radius 2 is 1.92 bits per heavy atom. The molecular weight excluding hydrogens is 330 g/mol. The third-order valence-electron chi connectivity index (χ3n) is 3.24. The monoisotopic (exact) mass is 341 g/mol. The van der Waals surface area contributed by atoms with Crippen LogP contribution >= 0.6 is 11.6 Å². The highest BCUT2D eigenvalue weighted by atomic mass is 35.5. The molecule has 0 radical (unpaired) electrons. The number of hydrogen-bond donors (Lipinski definition) is 0. The van der Waals surface area contributed by atoms with Crippen molar-refractivity contribution in [3.63, 3.8) is 0 Å². The third-order valence-corrected chi connectivity index (χ3v) is 3.49. The minimum Gasteiger partial charge on any atom is -0.439 e. The van der Waals surface area contributed by atoms with E-state index in [-0.39, 0.29) is 12.3 Å². The Morgan fingerprint density at radius 1 is 1.17 bits per heavy atom. The number of ether oxygens (including phenoxy) is 1. The predicted molar refractivity (Wildman–Crippen MR) is 90.4 cm³/mol. The topological polar surface area (TPSA) is 74.1 Å². The molecule has 1 aromatic heterocycles. The van der Waals surface area contributed by atoms with Crippen LogP contribution in [0, 0.1) is 0 Å². The number of carbonyl (C=O) groups excluding carboxylic acids is 1. The number of rotatable bonds is 4. The van der Waals surface area contributed by atoms with E-state index in [1.54, 1.807) is 54.6 Å². The first-order valence-electron chi connectivity index (χ1n) is 7.06. The van der Waals surface area contributed by atoms with Crippen molar-refractivity contribution < 1.29 is 9.53 Å². The number of esters is 1. The second-order valence-corrected chi connectivity index (χ2v) is 5.33. The normalized spacial score (nSPS) is 11.0. The summed E-state index contributed by atoms with van der Waals surface area (Å²) in [5.41, 5.74) is 0.932. The molecule has 0 fully saturated rings. The van der Waals surface area contributed by atoms with Crippen molar-refractivity contribution >= 4 is 34.5 Å². The van der Waals surface area contributed by atoms with Crippen LogP contribution in [0.1, 0.15) is 5.56 Å². The van der Waals surface area contributed by atoms with Gasteiger partial charge in [-0.1, -0.05) is 41.1 Å². The maximum absolute atomic E-state index is 12.2. The minimum absolute atomic E-state index is 0.305. The van der Waals surface area contributed by atoms with E-state index in [4.69, 9.17) is 16.3 Å². The number of benzene rings is 2. The molecule has 3 rings (SSSR count). The maximum Gasteiger partial charge on any atom is 0.332 e. The summed E-state index contributed by atoms with van der Waals surface area (Å²) < 4.78 is 6.01. The number of carbonyl (C=O) groups is 1. The van der Waals surface area contributed by atoms with Gasteiger partial charge in [-0.15, -0.1) is 5.10 Å². The predicted octanol–water partition coefficient (Wildman–Crippen LogP) is 2.66. The van der Waals surface area contributed by atoms with Gasteiger partial charge in [-0.2, -0.15) is 4.68 Å². The molecule has 120 valence electrons. The van der Waals surface area contributed by atoms with Crippen LogP contribution in [-0.4, -0.2) is 21.0 Å². The van der Waals surface area contributed by atoms with E-state index >= 15 is 0 Å². The summed E-state index contributed by atoms with van der Waals surface area (Å²) in [4.78, 5) is 23.9. The lowest BCUT2D eigenvalue weighted by Gasteiger charge is -2.04. The Labute approximate surface area is 141 Å². The smallest absolute Gasteiger partial charge is 0.332 e. The number of nitrogens with zero attached hydrogens (tertiary/aromatic N) is 3. The van der Waals surface area contributed by atoms with Gasteiger partial charge in [-0.05, 0) is 35.9 Å². The molecule has 0 saturated heterocycles. The van der Waals surface area contributed by atoms with E-state index < -0.39 is 5.97 Å². The lowest BCUT2D eigenvalue weighted by Crippen LogP contribution is -2.26. The van der Waals surface area contributed by atoms with Gasteiger partial charge in [0, 0.05) is 11.1 Å². The number of halogens is 1. The molecule has 3 aromatic rings. The number of aromatic nitrogens is 3. The first-order valence-corrected chi connectivity index (χ1v) is 7.44. The van der Waals surface area contributed by atoms with E-state index in [0.29, 0.717) is 15.9 Å². The van der Waals surface area contributed by atoms with Gasteiger partial charge < -0.3 is 4.74 Å². The molecule has 6 nitrogen and oxygen atoms in total. The van der Waals surface area contributed by atoms with Crippen molar-refractivity contribution in [2.75, 3.05) is 0 Å². The van der Waals surface area contributed by atoms with E-state index in [1.165, 1.54) is 6.08 Å². The van der Waals surface area contributed by atoms with Gasteiger partial charge in [0.15, 0.2) is 6.73 Å². The van der Waals surface area contributed by atoms with Crippen LogP contribution < -0.4 is 5.56 Å². The Kier molecular flexibility index (Phi) is 4.67. The molecule has 7 heteroatoms. The molecular formula is C17H12ClN3O3. The van der Waals surface area contributed by atoms with Crippen LogP contribution in [0.25, 0.3) is 17.0 Å². The Bertz CT molecular complexity index is 965. The zero-order valence-corrected chi connectivity index (χ0v) is 13.2. The van der Waals surface area contributed by atoms with Crippen LogP contribution in [0.3, 0.4) is 0 Å². The summed E-state index contributed by atoms with van der Waals surface area (Å²) in [5.74, 6) is -0.591. The van der Waals surface area contributed by atoms with Gasteiger partial charge >= 0.3 is 5.97 Å². The molecule has 24 heavy (non-hydrogen) atoms. The molecule has 0 unspecified atom stereocenters. The summed E-state index contributed by atoms with van der Waals surface area (Å²) in [5, 5.41) is 8.69. The average molecular weight is 342 g/mol. The SMILES string of the molecule is O=C(/C=C/c1ccc(Cl)cc1)OCn1nnc2ccccc2c1=O. The quantitative estimate of drug-likeness (QED) is 0.538. The molecule has 0 atom stereocenters. The van der Waals surface area contributed by atoms with Crippen LogP contribution in [-0.2, 0) is 16.3 Å². The standard InChI is InChI=1S/C17H12ClN3O3/c18-13-8-5-12(6-9-13)7-10-16(22)24-11-21-17(23)14-3-1-2-4-15(14)19-20-21/h1-10H,11H2/b10-7+. The molecule has 0 spiro atoms. The zero-order valence-electron chi connectivity index (χ0n) is 12.4. The largest absolute Gasteiger partial charge is 0.439 e. The van der Waals surface area contributed by atoms with Gasteiger partial charge in [-0.25, -0.2) is 4.79 Å². The molecule has 0 N–H and O–H groups in total. The summed E-state index contributed by atoms with van der Waals surface area (Å²) in [7, 11) is 0. The Balaban J connectivity index is 1.67. The molecule has 0 aliphatic carbocycles. The zero-order chi connectivity index (χ0) is 16.9. The van der Waals surface area contributed by atoms with Crippen LogP contribution in [0.2, 0.25) is 5.02 Å². The van der Waals surface area contributed by atoms with Crippen molar-refractivity contribution in [3.05, 3.63) is 75.5 Å². The van der Waals surface area contributed by atoms with Gasteiger partial charge in [-0.3, -0.25) is 4.79 Å². The van der Waals surface area contributed by atoms with Crippen molar-refractivity contribution in [1.29, 1.82) is 0 Å². The minimum atomic E-state index is -0.591. The molecule has 0 amide bonds. The molecule has 0 aliphatic rings. The molecule has 0 aliphatic heterocycles. The van der Waals surface area contributed by atoms with Crippen LogP contribution in [0.5, 0.6) is 0 Å². The van der Waals surface area contributed by atoms with Crippen LogP contribution in [0.4, 0.5) is 0 Å². The Hall–Kier alpha value is -2.99. The van der Waals surface area contributed by atoms with Gasteiger partial charge in [0.05, 0.1) is 5.39 Å². The summed E-state index contributed by atoms with van der Waals surface area (Å²) >= 11 is 5.79. The summed E-state index contributed by atoms with van der Waals surface area (Å²) in [6, 6.07) is 13.8. The van der Waals surface area contributed by atoms with E-state index in [2.05, 4.69) is 10.3 Å². The maximum atomic E-state index is 12.2. The second kappa shape index (κ2) is 7.06. The number of fused-ring (bicyclic) bond motifs is 1. The second-order valence-electron chi connectivity index (χ2n) is 4.89. The highest BCUT2D eigenvalue weighted by molar-refractivity contribution is 6.30. The fourth-order valence-corrected chi connectivity index (χ4v) is 2.14. The van der Waals surface area contributed by atoms with Gasteiger partial charge in [0.2, 0.25) is 0 Å². The molecule has 1 heterocycles. The fraction of sp³-hybridized carbons (Fsp3) is 0.0588. The first kappa shape index (κ1) is 15.9. The van der Waals surface area contributed by atoms with Crippen molar-refractivity contribution in [2.45, 2.75) is 6.73 Å². The lowest BCUT2D eigenvalue weighted by molar-refractivity contribution is -0.141. The molecule has 2 aromatic carbocycles. The highest BCUT2D eigenvalue weighted by Gasteiger charge is 2.06. The summed E-state index contributed by atoms with van der Waals surface area (Å²) in [6.07, 6.45) is 2.86. The Morgan fingerprint density at radius 3 is 2.71 bits per heavy atom. The van der Waals surface area contributed by atoms with E-state index in [0.717, 1.165) is 10.2 Å². The van der Waals surface area contributed by atoms with Crippen molar-refractivity contribution in [2.24, 2.45) is 0 Å². The highest BCUT2D eigenvalue weighted by Crippen LogP contribution is 2.10. The van der Waals surface area contributed by atoms with E-state index in [1.807, 2.05) is 0 Å². The average Bonchev–Trinajstić information content (AvgIpc) is 2.61. The summed E-state index contributed by atoms with van der Waals surface area (Å²) in [6.45, 7) is -0.305. The van der Waals surface area contributed by atoms with Crippen LogP contribution in [0.15, 0.2) is 59.4 Å². The van der Waals surface area contributed by atoms with Crippen molar-refractivity contribution in [1.82, 2.24) is 15.0 Å². The third kappa shape index (κ3) is 3.67. The van der Waals surface area contributed by atoms with Gasteiger partial charge in [0.1, 0.15) is 5.52 Å². The molecule has 0 bridgehead atoms. The lowest BCUT2D eigenvalue weighted by atomic mass is 10.2. The van der Waals surface area contributed by atoms with Crippen molar-refractivity contribution in [3.8, 4) is 0 Å².